The van der Waals surface area contributed by atoms with Gasteiger partial charge in [-0.1, -0.05) is 58.5 Å². The van der Waals surface area contributed by atoms with Gasteiger partial charge >= 0.3 is 11.9 Å². The van der Waals surface area contributed by atoms with Crippen molar-refractivity contribution >= 4 is 92.3 Å². The number of likely N-dealkylation sites (tertiary alicyclic amines) is 2. The van der Waals surface area contributed by atoms with Crippen molar-refractivity contribution in [2.45, 2.75) is 167 Å². The first-order valence-corrected chi connectivity index (χ1v) is 28.2. The summed E-state index contributed by atoms with van der Waals surface area (Å²) in [6.45, 7) is 16.5. The number of nitrogens with zero attached hydrogens (tertiary/aromatic N) is 12. The summed E-state index contributed by atoms with van der Waals surface area (Å²) in [6, 6.07) is 13.3. The third-order valence-corrected chi connectivity index (χ3v) is 17.5. The standard InChI is InChI=1S/C28H36Cl2N6O2.C27H34Cl2N6O2/c1-17-14-22(35-12-5-6-21(35)8-10-26(37)38-4)11-13-34(17)25-16-31-27-18(2)33-36(28(27)32-25)19(3)23-9-7-20(29)15-24(23)30;1-16-13-21(34-11-4-5-20(34)7-9-25(36)37)10-12-33(16)24-15-30-26-17(2)32-35(27(26)31-24)18(3)22-8-6-19(28)14-23(22)29/h7,9,15-17,19,21-22H,5-6,8,10-14H2,1-4H3;6,8,14-16,18,20-21H,4-5,7,9-13H2,1-3H3,(H,36,37)/t17-,19+,21-,22?;16-,18+,20-,21?/m00/s1. The second-order valence-electron chi connectivity index (χ2n) is 21.1. The second-order valence-corrected chi connectivity index (χ2v) is 22.8. The van der Waals surface area contributed by atoms with Gasteiger partial charge in [0.2, 0.25) is 0 Å². The van der Waals surface area contributed by atoms with Gasteiger partial charge in [-0.15, -0.1) is 0 Å². The molecule has 2 aromatic carbocycles. The smallest absolute Gasteiger partial charge is 0.305 e. The maximum Gasteiger partial charge on any atom is 0.305 e. The van der Waals surface area contributed by atoms with Crippen molar-refractivity contribution in [3.63, 3.8) is 0 Å². The van der Waals surface area contributed by atoms with Crippen LogP contribution in [0.4, 0.5) is 11.6 Å². The number of hydrogen-bond donors (Lipinski definition) is 1. The van der Waals surface area contributed by atoms with Gasteiger partial charge in [0.05, 0.1) is 43.0 Å². The van der Waals surface area contributed by atoms with E-state index >= 15 is 0 Å². The Labute approximate surface area is 460 Å². The van der Waals surface area contributed by atoms with Crippen LogP contribution in [0.2, 0.25) is 20.1 Å². The summed E-state index contributed by atoms with van der Waals surface area (Å²) in [5.74, 6) is 0.919. The lowest BCUT2D eigenvalue weighted by Crippen LogP contribution is -2.50. The lowest BCUT2D eigenvalue weighted by Gasteiger charge is -2.43. The van der Waals surface area contributed by atoms with Gasteiger partial charge in [-0.3, -0.25) is 19.4 Å². The number of piperidine rings is 2. The predicted octanol–water partition coefficient (Wildman–Crippen LogP) is 11.6. The Balaban J connectivity index is 0.000000184. The number of esters is 1. The van der Waals surface area contributed by atoms with Gasteiger partial charge in [0.25, 0.3) is 0 Å². The molecule has 16 nitrogen and oxygen atoms in total. The average Bonchev–Trinajstić information content (AvgIpc) is 4.20. The molecule has 4 fully saturated rings. The highest BCUT2D eigenvalue weighted by molar-refractivity contribution is 6.35. The van der Waals surface area contributed by atoms with Crippen LogP contribution >= 0.6 is 46.4 Å². The molecule has 0 bridgehead atoms. The first-order chi connectivity index (χ1) is 36.0. The number of aliphatic carboxylic acids is 1. The fourth-order valence-corrected chi connectivity index (χ4v) is 13.5. The third kappa shape index (κ3) is 12.0. The second kappa shape index (κ2) is 23.8. The number of benzene rings is 2. The summed E-state index contributed by atoms with van der Waals surface area (Å²) < 4.78 is 8.69. The molecule has 0 amide bonds. The molecule has 10 rings (SSSR count). The van der Waals surface area contributed by atoms with E-state index in [1.165, 1.54) is 13.5 Å². The van der Waals surface area contributed by atoms with Crippen LogP contribution in [-0.4, -0.2) is 136 Å². The van der Waals surface area contributed by atoms with Crippen molar-refractivity contribution in [2.24, 2.45) is 0 Å². The van der Waals surface area contributed by atoms with Crippen LogP contribution in [0.5, 0.6) is 0 Å². The van der Waals surface area contributed by atoms with Crippen molar-refractivity contribution in [1.82, 2.24) is 49.3 Å². The van der Waals surface area contributed by atoms with E-state index in [0.717, 1.165) is 140 Å². The minimum atomic E-state index is -0.703. The minimum absolute atomic E-state index is 0.115. The van der Waals surface area contributed by atoms with Crippen LogP contribution in [0.3, 0.4) is 0 Å². The Kier molecular flexibility index (Phi) is 17.4. The SMILES string of the molecule is COC(=O)CC[C@@H]1CCCN1C1CCN(c2cnc3c(C)nn([C@H](C)c4ccc(Cl)cc4Cl)c3n2)[C@@H](C)C1.Cc1nn([C@H](C)c2ccc(Cl)cc2Cl)c2nc(N3CCC(N4CCC[C@H]4CCC(=O)O)C[C@@H]3C)cnc12. The third-order valence-electron chi connectivity index (χ3n) is 16.3. The maximum absolute atomic E-state index is 11.7. The van der Waals surface area contributed by atoms with E-state index in [1.807, 2.05) is 59.9 Å². The van der Waals surface area contributed by atoms with Gasteiger partial charge in [-0.05, 0) is 154 Å². The molecule has 6 aromatic rings. The topological polar surface area (TPSA) is 164 Å². The van der Waals surface area contributed by atoms with Crippen LogP contribution in [0.1, 0.15) is 139 Å². The number of halogens is 4. The Morgan fingerprint density at radius 1 is 0.667 bits per heavy atom. The molecular formula is C55H70Cl4N12O4. The highest BCUT2D eigenvalue weighted by Crippen LogP contribution is 2.37. The number of carbonyl (C=O) groups excluding carboxylic acids is 1. The van der Waals surface area contributed by atoms with Gasteiger partial charge in [0.1, 0.15) is 22.7 Å². The molecule has 4 saturated heterocycles. The highest BCUT2D eigenvalue weighted by atomic mass is 35.5. The van der Waals surface area contributed by atoms with Gasteiger partial charge in [0, 0.05) is 82.3 Å². The summed E-state index contributed by atoms with van der Waals surface area (Å²) in [7, 11) is 1.47. The number of aromatic nitrogens is 8. The Morgan fingerprint density at radius 2 is 1.11 bits per heavy atom. The molecule has 0 radical (unpaired) electrons. The van der Waals surface area contributed by atoms with Gasteiger partial charge in [-0.2, -0.15) is 10.2 Å². The fraction of sp³-hybridized carbons (Fsp3) is 0.564. The van der Waals surface area contributed by atoms with Crippen LogP contribution < -0.4 is 9.80 Å². The van der Waals surface area contributed by atoms with Crippen molar-refractivity contribution in [3.8, 4) is 0 Å². The number of anilines is 2. The molecule has 75 heavy (non-hydrogen) atoms. The van der Waals surface area contributed by atoms with E-state index in [9.17, 15) is 9.59 Å². The Hall–Kier alpha value is -4.84. The Bertz CT molecular complexity index is 3010. The molecule has 4 aliphatic heterocycles. The largest absolute Gasteiger partial charge is 0.481 e. The normalized spacial score (nSPS) is 23.4. The summed E-state index contributed by atoms with van der Waals surface area (Å²) >= 11 is 25.3. The molecule has 4 aromatic heterocycles. The number of aryl methyl sites for hydroxylation is 2. The van der Waals surface area contributed by atoms with E-state index in [0.29, 0.717) is 62.8 Å². The molecule has 0 aliphatic carbocycles. The van der Waals surface area contributed by atoms with Crippen molar-refractivity contribution in [2.75, 3.05) is 43.1 Å². The molecular weight excluding hydrogens is 1030 g/mol. The van der Waals surface area contributed by atoms with Crippen molar-refractivity contribution in [1.29, 1.82) is 0 Å². The quantitative estimate of drug-likeness (QED) is 0.102. The van der Waals surface area contributed by atoms with Crippen LogP contribution in [0.15, 0.2) is 48.8 Å². The number of hydrogen-bond acceptors (Lipinski definition) is 13. The summed E-state index contributed by atoms with van der Waals surface area (Å²) in [5, 5.41) is 21.1. The molecule has 0 saturated carbocycles. The number of ether oxygens (including phenoxy) is 1. The number of methoxy groups -OCH3 is 1. The average molecular weight is 1110 g/mol. The molecule has 402 valence electrons. The molecule has 20 heteroatoms. The first kappa shape index (κ1) is 54.9. The first-order valence-electron chi connectivity index (χ1n) is 26.7. The van der Waals surface area contributed by atoms with E-state index in [4.69, 9.17) is 86.4 Å². The maximum atomic E-state index is 11.7. The summed E-state index contributed by atoms with van der Waals surface area (Å²) in [4.78, 5) is 52.4. The summed E-state index contributed by atoms with van der Waals surface area (Å²) in [6.07, 6.45) is 14.9. The number of carboxylic acid groups (broad SMARTS) is 1. The van der Waals surface area contributed by atoms with E-state index in [-0.39, 0.29) is 24.5 Å². The zero-order chi connectivity index (χ0) is 53.2. The minimum Gasteiger partial charge on any atom is -0.481 e. The zero-order valence-electron chi connectivity index (χ0n) is 44.1. The molecule has 1 N–H and O–H groups in total. The lowest BCUT2D eigenvalue weighted by molar-refractivity contribution is -0.141. The van der Waals surface area contributed by atoms with Gasteiger partial charge < -0.3 is 19.6 Å². The van der Waals surface area contributed by atoms with Crippen LogP contribution in [0.25, 0.3) is 22.3 Å². The molecule has 0 spiro atoms. The lowest BCUT2D eigenvalue weighted by atomic mass is 9.95. The predicted molar refractivity (Wildman–Crippen MR) is 298 cm³/mol. The molecule has 2 unspecified atom stereocenters. The molecule has 4 aliphatic rings. The summed E-state index contributed by atoms with van der Waals surface area (Å²) in [5.41, 5.74) is 6.65. The van der Waals surface area contributed by atoms with E-state index in [1.54, 1.807) is 12.1 Å². The molecule has 8 atom stereocenters. The monoisotopic (exact) mass is 1100 g/mol. The Morgan fingerprint density at radius 3 is 1.51 bits per heavy atom. The number of fused-ring (bicyclic) bond motifs is 2. The van der Waals surface area contributed by atoms with E-state index in [2.05, 4.69) is 47.3 Å². The fourth-order valence-electron chi connectivity index (χ4n) is 12.4. The highest BCUT2D eigenvalue weighted by Gasteiger charge is 2.38. The van der Waals surface area contributed by atoms with Crippen LogP contribution in [0, 0.1) is 13.8 Å². The van der Waals surface area contributed by atoms with E-state index < -0.39 is 5.97 Å². The number of carbonyl (C=O) groups is 2. The van der Waals surface area contributed by atoms with Crippen molar-refractivity contribution in [3.05, 3.63) is 91.4 Å². The number of rotatable bonds is 14. The zero-order valence-corrected chi connectivity index (χ0v) is 47.1. The van der Waals surface area contributed by atoms with Crippen molar-refractivity contribution < 1.29 is 19.4 Å². The van der Waals surface area contributed by atoms with Gasteiger partial charge in [-0.25, -0.2) is 29.3 Å². The van der Waals surface area contributed by atoms with Gasteiger partial charge in [0.15, 0.2) is 11.3 Å². The molecule has 8 heterocycles. The number of carboxylic acids is 1. The van der Waals surface area contributed by atoms with Crippen LogP contribution in [-0.2, 0) is 14.3 Å².